The summed E-state index contributed by atoms with van der Waals surface area (Å²) in [6.45, 7) is 0.455. The molecule has 0 bridgehead atoms. The summed E-state index contributed by atoms with van der Waals surface area (Å²) < 4.78 is 9.79. The van der Waals surface area contributed by atoms with E-state index in [4.69, 9.17) is 16.0 Å². The third-order valence-electron chi connectivity index (χ3n) is 1.83. The number of hydrogen-bond donors (Lipinski definition) is 1. The minimum atomic E-state index is -0.447. The summed E-state index contributed by atoms with van der Waals surface area (Å²) in [7, 11) is 3.09. The number of likely N-dealkylation sites (N-methyl/N-ethyl adjacent to an activating group) is 1. The van der Waals surface area contributed by atoms with E-state index in [1.54, 1.807) is 19.2 Å². The lowest BCUT2D eigenvalue weighted by Gasteiger charge is -2.10. The summed E-state index contributed by atoms with van der Waals surface area (Å²) >= 11 is 5.61. The number of carbonyl (C=O) groups excluding carboxylic acids is 1. The van der Waals surface area contributed by atoms with Crippen molar-refractivity contribution in [2.75, 3.05) is 20.7 Å². The highest BCUT2D eigenvalue weighted by molar-refractivity contribution is 6.28. The molecule has 5 heteroatoms. The van der Waals surface area contributed by atoms with Crippen LogP contribution in [0.1, 0.15) is 11.7 Å². The van der Waals surface area contributed by atoms with Gasteiger partial charge < -0.3 is 14.5 Å². The van der Waals surface area contributed by atoms with Gasteiger partial charge in [0.05, 0.1) is 7.11 Å². The van der Waals surface area contributed by atoms with Crippen LogP contribution in [0.2, 0.25) is 5.22 Å². The molecular formula is C9H12ClNO3. The lowest BCUT2D eigenvalue weighted by Crippen LogP contribution is -2.24. The average Bonchev–Trinajstić information content (AvgIpc) is 2.60. The smallest absolute Gasteiger partial charge is 0.317 e. The van der Waals surface area contributed by atoms with Crippen molar-refractivity contribution in [1.82, 2.24) is 5.32 Å². The maximum Gasteiger partial charge on any atom is 0.317 e. The minimum Gasteiger partial charge on any atom is -0.468 e. The van der Waals surface area contributed by atoms with Crippen molar-refractivity contribution in [2.24, 2.45) is 0 Å². The van der Waals surface area contributed by atoms with Crippen molar-refractivity contribution in [2.45, 2.75) is 5.92 Å². The number of nitrogens with one attached hydrogen (secondary N) is 1. The van der Waals surface area contributed by atoms with Crippen LogP contribution in [-0.4, -0.2) is 26.7 Å². The topological polar surface area (TPSA) is 51.5 Å². The standard InChI is InChI=1S/C9H12ClNO3/c1-11-5-6(9(12)13-2)7-3-4-8(10)14-7/h3-4,6,11H,5H2,1-2H3. The number of hydrogen-bond acceptors (Lipinski definition) is 4. The summed E-state index contributed by atoms with van der Waals surface area (Å²) in [5.41, 5.74) is 0. The molecule has 0 spiro atoms. The molecule has 14 heavy (non-hydrogen) atoms. The predicted octanol–water partition coefficient (Wildman–Crippen LogP) is 1.41. The van der Waals surface area contributed by atoms with E-state index in [0.717, 1.165) is 0 Å². The summed E-state index contributed by atoms with van der Waals surface area (Å²) in [4.78, 5) is 11.3. The van der Waals surface area contributed by atoms with E-state index in [1.807, 2.05) is 0 Å². The van der Waals surface area contributed by atoms with Crippen LogP contribution in [-0.2, 0) is 9.53 Å². The Morgan fingerprint density at radius 2 is 2.43 bits per heavy atom. The monoisotopic (exact) mass is 217 g/mol. The van der Waals surface area contributed by atoms with Crippen LogP contribution < -0.4 is 5.32 Å². The quantitative estimate of drug-likeness (QED) is 0.775. The van der Waals surface area contributed by atoms with Crippen molar-refractivity contribution in [3.05, 3.63) is 23.1 Å². The fraction of sp³-hybridized carbons (Fsp3) is 0.444. The zero-order valence-electron chi connectivity index (χ0n) is 8.04. The molecule has 1 aromatic heterocycles. The molecule has 1 aromatic rings. The van der Waals surface area contributed by atoms with E-state index in [2.05, 4.69) is 10.1 Å². The molecule has 1 unspecified atom stereocenters. The Kier molecular flexibility index (Phi) is 3.98. The number of esters is 1. The van der Waals surface area contributed by atoms with Crippen LogP contribution in [0.3, 0.4) is 0 Å². The fourth-order valence-electron chi connectivity index (χ4n) is 1.16. The molecule has 0 aliphatic heterocycles. The molecule has 0 aliphatic carbocycles. The van der Waals surface area contributed by atoms with Crippen molar-refractivity contribution in [1.29, 1.82) is 0 Å². The van der Waals surface area contributed by atoms with Gasteiger partial charge in [0.25, 0.3) is 0 Å². The first-order valence-corrected chi connectivity index (χ1v) is 4.54. The maximum atomic E-state index is 11.3. The molecular weight excluding hydrogens is 206 g/mol. The Bertz CT molecular complexity index is 311. The molecule has 0 aliphatic rings. The van der Waals surface area contributed by atoms with Gasteiger partial charge in [0.2, 0.25) is 0 Å². The Hall–Kier alpha value is -1.00. The van der Waals surface area contributed by atoms with Crippen molar-refractivity contribution < 1.29 is 13.9 Å². The fourth-order valence-corrected chi connectivity index (χ4v) is 1.31. The van der Waals surface area contributed by atoms with Crippen LogP contribution >= 0.6 is 11.6 Å². The van der Waals surface area contributed by atoms with Gasteiger partial charge in [0, 0.05) is 6.54 Å². The van der Waals surface area contributed by atoms with Gasteiger partial charge in [-0.25, -0.2) is 0 Å². The highest BCUT2D eigenvalue weighted by Gasteiger charge is 2.23. The Morgan fingerprint density at radius 1 is 1.71 bits per heavy atom. The molecule has 1 heterocycles. The summed E-state index contributed by atoms with van der Waals surface area (Å²) in [5, 5.41) is 3.16. The Morgan fingerprint density at radius 3 is 2.86 bits per heavy atom. The van der Waals surface area contributed by atoms with Crippen molar-refractivity contribution in [3.8, 4) is 0 Å². The highest BCUT2D eigenvalue weighted by atomic mass is 35.5. The molecule has 0 fully saturated rings. The summed E-state index contributed by atoms with van der Waals surface area (Å²) in [6.07, 6.45) is 0. The van der Waals surface area contributed by atoms with Gasteiger partial charge in [-0.15, -0.1) is 0 Å². The zero-order valence-corrected chi connectivity index (χ0v) is 8.80. The molecule has 78 valence electrons. The van der Waals surface area contributed by atoms with E-state index in [1.165, 1.54) is 7.11 Å². The normalized spacial score (nSPS) is 12.5. The third kappa shape index (κ3) is 2.49. The van der Waals surface area contributed by atoms with Crippen LogP contribution in [0.15, 0.2) is 16.5 Å². The Balaban J connectivity index is 2.82. The van der Waals surface area contributed by atoms with E-state index in [-0.39, 0.29) is 11.2 Å². The average molecular weight is 218 g/mol. The first-order valence-electron chi connectivity index (χ1n) is 4.16. The second kappa shape index (κ2) is 5.02. The van der Waals surface area contributed by atoms with Gasteiger partial charge in [0.15, 0.2) is 5.22 Å². The summed E-state index contributed by atoms with van der Waals surface area (Å²) in [5.74, 6) is -0.279. The van der Waals surface area contributed by atoms with Crippen LogP contribution in [0.5, 0.6) is 0 Å². The number of methoxy groups -OCH3 is 1. The van der Waals surface area contributed by atoms with Crippen molar-refractivity contribution in [3.63, 3.8) is 0 Å². The van der Waals surface area contributed by atoms with Crippen LogP contribution in [0.25, 0.3) is 0 Å². The number of rotatable bonds is 4. The highest BCUT2D eigenvalue weighted by Crippen LogP contribution is 2.22. The number of furan rings is 1. The second-order valence-electron chi connectivity index (χ2n) is 2.78. The molecule has 1 rings (SSSR count). The molecule has 1 atom stereocenters. The first-order chi connectivity index (χ1) is 6.69. The van der Waals surface area contributed by atoms with Gasteiger partial charge in [0.1, 0.15) is 11.7 Å². The minimum absolute atomic E-state index is 0.269. The summed E-state index contributed by atoms with van der Waals surface area (Å²) in [6, 6.07) is 3.27. The van der Waals surface area contributed by atoms with Gasteiger partial charge in [-0.2, -0.15) is 0 Å². The molecule has 4 nitrogen and oxygen atoms in total. The molecule has 0 radical (unpaired) electrons. The van der Waals surface area contributed by atoms with Gasteiger partial charge in [-0.1, -0.05) is 0 Å². The largest absolute Gasteiger partial charge is 0.468 e. The lowest BCUT2D eigenvalue weighted by atomic mass is 10.1. The molecule has 0 amide bonds. The third-order valence-corrected chi connectivity index (χ3v) is 2.03. The van der Waals surface area contributed by atoms with Crippen LogP contribution in [0.4, 0.5) is 0 Å². The number of carbonyl (C=O) groups is 1. The van der Waals surface area contributed by atoms with Gasteiger partial charge in [-0.3, -0.25) is 4.79 Å². The lowest BCUT2D eigenvalue weighted by molar-refractivity contribution is -0.142. The number of ether oxygens (including phenoxy) is 1. The molecule has 1 N–H and O–H groups in total. The Labute approximate surface area is 87.2 Å². The van der Waals surface area contributed by atoms with E-state index in [9.17, 15) is 4.79 Å². The molecule has 0 saturated carbocycles. The predicted molar refractivity (Wildman–Crippen MR) is 52.4 cm³/mol. The zero-order chi connectivity index (χ0) is 10.6. The SMILES string of the molecule is CNCC(C(=O)OC)c1ccc(Cl)o1. The molecule has 0 saturated heterocycles. The molecule has 0 aromatic carbocycles. The van der Waals surface area contributed by atoms with Gasteiger partial charge in [-0.05, 0) is 30.8 Å². The van der Waals surface area contributed by atoms with E-state index < -0.39 is 5.92 Å². The van der Waals surface area contributed by atoms with Crippen molar-refractivity contribution >= 4 is 17.6 Å². The number of halogens is 1. The van der Waals surface area contributed by atoms with Gasteiger partial charge >= 0.3 is 5.97 Å². The second-order valence-corrected chi connectivity index (χ2v) is 3.15. The van der Waals surface area contributed by atoms with E-state index >= 15 is 0 Å². The van der Waals surface area contributed by atoms with E-state index in [0.29, 0.717) is 12.3 Å². The van der Waals surface area contributed by atoms with Crippen LogP contribution in [0, 0.1) is 0 Å². The maximum absolute atomic E-state index is 11.3. The first kappa shape index (κ1) is 11.1.